The van der Waals surface area contributed by atoms with Crippen LogP contribution in [0.3, 0.4) is 0 Å². The van der Waals surface area contributed by atoms with Crippen LogP contribution >= 0.6 is 0 Å². The summed E-state index contributed by atoms with van der Waals surface area (Å²) in [6, 6.07) is 4.08. The first-order chi connectivity index (χ1) is 8.08. The number of piperidine rings is 1. The lowest BCUT2D eigenvalue weighted by atomic mass is 9.93. The molecule has 5 heteroatoms. The average Bonchev–Trinajstić information content (AvgIpc) is 2.31. The molecular formula is C12H18N4O. The highest BCUT2D eigenvalue weighted by molar-refractivity contribution is 5.77. The number of aromatic nitrogens is 1. The van der Waals surface area contributed by atoms with Crippen LogP contribution in [0.1, 0.15) is 19.8 Å². The predicted molar refractivity (Wildman–Crippen MR) is 67.4 cm³/mol. The fraction of sp³-hybridized carbons (Fsp3) is 0.500. The highest BCUT2D eigenvalue weighted by Gasteiger charge is 2.29. The van der Waals surface area contributed by atoms with E-state index < -0.39 is 0 Å². The van der Waals surface area contributed by atoms with Crippen molar-refractivity contribution in [1.82, 2.24) is 4.98 Å². The van der Waals surface area contributed by atoms with Gasteiger partial charge in [-0.3, -0.25) is 4.79 Å². The van der Waals surface area contributed by atoms with Crippen molar-refractivity contribution in [1.29, 1.82) is 0 Å². The van der Waals surface area contributed by atoms with Crippen molar-refractivity contribution in [2.75, 3.05) is 17.2 Å². The fourth-order valence-corrected chi connectivity index (χ4v) is 2.23. The van der Waals surface area contributed by atoms with Crippen LogP contribution in [-0.2, 0) is 4.79 Å². The normalized spacial score (nSPS) is 24.6. The monoisotopic (exact) mass is 234 g/mol. The van der Waals surface area contributed by atoms with E-state index in [1.165, 1.54) is 0 Å². The summed E-state index contributed by atoms with van der Waals surface area (Å²) in [5.74, 6) is 0.556. The Bertz CT molecular complexity index is 403. The Kier molecular flexibility index (Phi) is 3.17. The summed E-state index contributed by atoms with van der Waals surface area (Å²) >= 11 is 0. The predicted octanol–water partition coefficient (Wildman–Crippen LogP) is 0.754. The molecule has 1 aromatic heterocycles. The molecular weight excluding hydrogens is 216 g/mol. The van der Waals surface area contributed by atoms with Gasteiger partial charge in [-0.2, -0.15) is 0 Å². The number of primary amides is 1. The van der Waals surface area contributed by atoms with Crippen LogP contribution in [0.2, 0.25) is 0 Å². The zero-order valence-corrected chi connectivity index (χ0v) is 9.97. The highest BCUT2D eigenvalue weighted by atomic mass is 16.1. The number of hydrogen-bond donors (Lipinski definition) is 2. The van der Waals surface area contributed by atoms with Gasteiger partial charge >= 0.3 is 0 Å². The van der Waals surface area contributed by atoms with Crippen molar-refractivity contribution in [2.24, 2.45) is 11.7 Å². The van der Waals surface area contributed by atoms with Crippen LogP contribution in [0.15, 0.2) is 18.3 Å². The third-order valence-corrected chi connectivity index (χ3v) is 3.35. The van der Waals surface area contributed by atoms with Crippen molar-refractivity contribution in [3.63, 3.8) is 0 Å². The quantitative estimate of drug-likeness (QED) is 0.791. The molecule has 1 saturated heterocycles. The molecule has 4 N–H and O–H groups in total. The van der Waals surface area contributed by atoms with Gasteiger partial charge in [0, 0.05) is 12.6 Å². The molecule has 0 bridgehead atoms. The summed E-state index contributed by atoms with van der Waals surface area (Å²) in [7, 11) is 0. The molecule has 0 spiro atoms. The molecule has 1 aliphatic heterocycles. The lowest BCUT2D eigenvalue weighted by molar-refractivity contribution is -0.122. The molecule has 5 nitrogen and oxygen atoms in total. The second-order valence-electron chi connectivity index (χ2n) is 4.63. The van der Waals surface area contributed by atoms with Gasteiger partial charge in [0.05, 0.1) is 17.8 Å². The van der Waals surface area contributed by atoms with Crippen LogP contribution in [0, 0.1) is 5.92 Å². The molecule has 2 atom stereocenters. The second-order valence-corrected chi connectivity index (χ2v) is 4.63. The number of rotatable bonds is 2. The molecule has 0 radical (unpaired) electrons. The number of anilines is 2. The summed E-state index contributed by atoms with van der Waals surface area (Å²) in [4.78, 5) is 17.7. The van der Waals surface area contributed by atoms with Gasteiger partial charge in [0.2, 0.25) is 5.91 Å². The van der Waals surface area contributed by atoms with Crippen LogP contribution in [0.4, 0.5) is 11.5 Å². The summed E-state index contributed by atoms with van der Waals surface area (Å²) < 4.78 is 0. The molecule has 1 aliphatic rings. The van der Waals surface area contributed by atoms with Gasteiger partial charge in [0.25, 0.3) is 0 Å². The van der Waals surface area contributed by atoms with E-state index in [-0.39, 0.29) is 11.8 Å². The zero-order chi connectivity index (χ0) is 12.4. The minimum Gasteiger partial charge on any atom is -0.397 e. The molecule has 2 unspecified atom stereocenters. The van der Waals surface area contributed by atoms with Crippen molar-refractivity contribution in [3.8, 4) is 0 Å². The number of carbonyl (C=O) groups excluding carboxylic acids is 1. The first-order valence-electron chi connectivity index (χ1n) is 5.85. The van der Waals surface area contributed by atoms with Crippen LogP contribution in [0.25, 0.3) is 0 Å². The number of carbonyl (C=O) groups is 1. The number of amides is 1. The smallest absolute Gasteiger partial charge is 0.222 e. The molecule has 0 saturated carbocycles. The third kappa shape index (κ3) is 2.49. The SMILES string of the molecule is CC1CCC(C(N)=O)CN1c1ccc(N)cn1. The van der Waals surface area contributed by atoms with E-state index in [4.69, 9.17) is 11.5 Å². The Morgan fingerprint density at radius 1 is 1.47 bits per heavy atom. The minimum atomic E-state index is -0.225. The number of hydrogen-bond acceptors (Lipinski definition) is 4. The van der Waals surface area contributed by atoms with E-state index in [0.717, 1.165) is 18.7 Å². The standard InChI is InChI=1S/C12H18N4O/c1-8-2-3-9(12(14)17)7-16(8)11-5-4-10(13)6-15-11/h4-6,8-9H,2-3,7,13H2,1H3,(H2,14,17). The molecule has 1 aromatic rings. The molecule has 2 rings (SSSR count). The lowest BCUT2D eigenvalue weighted by Gasteiger charge is -2.37. The van der Waals surface area contributed by atoms with Gasteiger partial charge in [0.15, 0.2) is 0 Å². The zero-order valence-electron chi connectivity index (χ0n) is 9.97. The third-order valence-electron chi connectivity index (χ3n) is 3.35. The summed E-state index contributed by atoms with van der Waals surface area (Å²) in [6.07, 6.45) is 3.46. The van der Waals surface area contributed by atoms with E-state index >= 15 is 0 Å². The molecule has 1 amide bonds. The topological polar surface area (TPSA) is 85.2 Å². The Morgan fingerprint density at radius 2 is 2.24 bits per heavy atom. The Hall–Kier alpha value is -1.78. The van der Waals surface area contributed by atoms with E-state index in [1.54, 1.807) is 6.20 Å². The van der Waals surface area contributed by atoms with Crippen molar-refractivity contribution in [2.45, 2.75) is 25.8 Å². The molecule has 1 fully saturated rings. The van der Waals surface area contributed by atoms with Gasteiger partial charge in [-0.1, -0.05) is 0 Å². The maximum atomic E-state index is 11.2. The van der Waals surface area contributed by atoms with Crippen molar-refractivity contribution < 1.29 is 4.79 Å². The highest BCUT2D eigenvalue weighted by Crippen LogP contribution is 2.26. The molecule has 92 valence electrons. The van der Waals surface area contributed by atoms with E-state index in [2.05, 4.69) is 16.8 Å². The number of nitrogen functional groups attached to an aromatic ring is 1. The van der Waals surface area contributed by atoms with Gasteiger partial charge in [-0.25, -0.2) is 4.98 Å². The maximum absolute atomic E-state index is 11.2. The van der Waals surface area contributed by atoms with Crippen LogP contribution in [0.5, 0.6) is 0 Å². The van der Waals surface area contributed by atoms with Gasteiger partial charge in [0.1, 0.15) is 5.82 Å². The second kappa shape index (κ2) is 4.61. The molecule has 0 aromatic carbocycles. The Labute approximate surface area is 101 Å². The van der Waals surface area contributed by atoms with E-state index in [1.807, 2.05) is 12.1 Å². The summed E-state index contributed by atoms with van der Waals surface area (Å²) in [5, 5.41) is 0. The minimum absolute atomic E-state index is 0.0782. The average molecular weight is 234 g/mol. The lowest BCUT2D eigenvalue weighted by Crippen LogP contribution is -2.46. The molecule has 2 heterocycles. The fourth-order valence-electron chi connectivity index (χ4n) is 2.23. The van der Waals surface area contributed by atoms with Gasteiger partial charge in [-0.05, 0) is 31.9 Å². The van der Waals surface area contributed by atoms with E-state index in [9.17, 15) is 4.79 Å². The number of pyridine rings is 1. The summed E-state index contributed by atoms with van der Waals surface area (Å²) in [6.45, 7) is 2.78. The van der Waals surface area contributed by atoms with Crippen LogP contribution < -0.4 is 16.4 Å². The van der Waals surface area contributed by atoms with Gasteiger partial charge < -0.3 is 16.4 Å². The van der Waals surface area contributed by atoms with Crippen molar-refractivity contribution in [3.05, 3.63) is 18.3 Å². The molecule has 0 aliphatic carbocycles. The Morgan fingerprint density at radius 3 is 2.82 bits per heavy atom. The largest absolute Gasteiger partial charge is 0.397 e. The summed E-state index contributed by atoms with van der Waals surface area (Å²) in [5.41, 5.74) is 11.6. The number of nitrogens with two attached hydrogens (primary N) is 2. The van der Waals surface area contributed by atoms with Crippen LogP contribution in [-0.4, -0.2) is 23.5 Å². The first-order valence-corrected chi connectivity index (χ1v) is 5.85. The first kappa shape index (κ1) is 11.7. The Balaban J connectivity index is 2.17. The van der Waals surface area contributed by atoms with Gasteiger partial charge in [-0.15, -0.1) is 0 Å². The number of nitrogens with zero attached hydrogens (tertiary/aromatic N) is 2. The van der Waals surface area contributed by atoms with Crippen molar-refractivity contribution >= 4 is 17.4 Å². The maximum Gasteiger partial charge on any atom is 0.222 e. The van der Waals surface area contributed by atoms with E-state index in [0.29, 0.717) is 18.3 Å². The molecule has 17 heavy (non-hydrogen) atoms.